The number of carbonyl (C=O) groups excluding carboxylic acids is 1. The molecule has 0 bridgehead atoms. The molecule has 1 atom stereocenters. The number of nitrogens with one attached hydrogen (secondary N) is 1. The van der Waals surface area contributed by atoms with Gasteiger partial charge in [0, 0.05) is 13.1 Å². The molecule has 1 heterocycles. The fourth-order valence-corrected chi connectivity index (χ4v) is 2.63. The highest BCUT2D eigenvalue weighted by Crippen LogP contribution is 2.25. The minimum Gasteiger partial charge on any atom is -0.480 e. The van der Waals surface area contributed by atoms with E-state index >= 15 is 0 Å². The number of hydrogen-bond acceptors (Lipinski definition) is 2. The van der Waals surface area contributed by atoms with Crippen molar-refractivity contribution >= 4 is 12.0 Å². The van der Waals surface area contributed by atoms with Gasteiger partial charge < -0.3 is 15.3 Å². The SMILES string of the molecule is CC(C)C1CCN(C(=O)NC(C(=O)O)C(C)(C)C)CC1. The van der Waals surface area contributed by atoms with Crippen molar-refractivity contribution in [1.29, 1.82) is 0 Å². The summed E-state index contributed by atoms with van der Waals surface area (Å²) in [7, 11) is 0. The number of nitrogens with zero attached hydrogens (tertiary/aromatic N) is 1. The standard InChI is InChI=1S/C15H28N2O3/c1-10(2)11-6-8-17(9-7-11)14(20)16-12(13(18)19)15(3,4)5/h10-12H,6-9H2,1-5H3,(H,16,20)(H,18,19). The number of carboxylic acid groups (broad SMARTS) is 1. The van der Waals surface area contributed by atoms with Gasteiger partial charge in [-0.25, -0.2) is 9.59 Å². The highest BCUT2D eigenvalue weighted by Gasteiger charge is 2.34. The van der Waals surface area contributed by atoms with Crippen LogP contribution in [0.15, 0.2) is 0 Å². The largest absolute Gasteiger partial charge is 0.480 e. The normalized spacial score (nSPS) is 19.0. The number of urea groups is 1. The van der Waals surface area contributed by atoms with Crippen molar-refractivity contribution in [3.8, 4) is 0 Å². The van der Waals surface area contributed by atoms with Crippen LogP contribution in [0.1, 0.15) is 47.5 Å². The second-order valence-corrected chi connectivity index (χ2v) is 7.16. The Balaban J connectivity index is 2.57. The van der Waals surface area contributed by atoms with Crippen molar-refractivity contribution in [2.45, 2.75) is 53.5 Å². The van der Waals surface area contributed by atoms with Crippen molar-refractivity contribution in [3.63, 3.8) is 0 Å². The second-order valence-electron chi connectivity index (χ2n) is 7.16. The summed E-state index contributed by atoms with van der Waals surface area (Å²) < 4.78 is 0. The number of rotatable bonds is 3. The monoisotopic (exact) mass is 284 g/mol. The first-order chi connectivity index (χ1) is 9.12. The average Bonchev–Trinajstić information content (AvgIpc) is 2.33. The predicted molar refractivity (Wildman–Crippen MR) is 78.5 cm³/mol. The molecule has 0 aliphatic carbocycles. The van der Waals surface area contributed by atoms with E-state index in [2.05, 4.69) is 19.2 Å². The average molecular weight is 284 g/mol. The quantitative estimate of drug-likeness (QED) is 0.837. The zero-order chi connectivity index (χ0) is 15.5. The van der Waals surface area contributed by atoms with Crippen LogP contribution in [0.5, 0.6) is 0 Å². The van der Waals surface area contributed by atoms with Crippen molar-refractivity contribution < 1.29 is 14.7 Å². The first-order valence-electron chi connectivity index (χ1n) is 7.41. The van der Waals surface area contributed by atoms with Crippen LogP contribution >= 0.6 is 0 Å². The van der Waals surface area contributed by atoms with Crippen LogP contribution in [0.25, 0.3) is 0 Å². The van der Waals surface area contributed by atoms with Gasteiger partial charge in [0.15, 0.2) is 0 Å². The van der Waals surface area contributed by atoms with E-state index in [1.807, 2.05) is 20.8 Å². The molecule has 0 aromatic carbocycles. The van der Waals surface area contributed by atoms with Crippen LogP contribution in [-0.2, 0) is 4.79 Å². The molecule has 5 heteroatoms. The van der Waals surface area contributed by atoms with E-state index in [4.69, 9.17) is 0 Å². The van der Waals surface area contributed by atoms with Gasteiger partial charge in [-0.15, -0.1) is 0 Å². The molecule has 1 aliphatic heterocycles. The minimum absolute atomic E-state index is 0.255. The van der Waals surface area contributed by atoms with Crippen molar-refractivity contribution in [3.05, 3.63) is 0 Å². The summed E-state index contributed by atoms with van der Waals surface area (Å²) in [6, 6.07) is -1.12. The molecule has 1 aliphatic rings. The maximum absolute atomic E-state index is 12.2. The van der Waals surface area contributed by atoms with Crippen LogP contribution in [0, 0.1) is 17.3 Å². The molecular formula is C15H28N2O3. The van der Waals surface area contributed by atoms with Crippen LogP contribution in [0.3, 0.4) is 0 Å². The van der Waals surface area contributed by atoms with Crippen molar-refractivity contribution in [1.82, 2.24) is 10.2 Å². The van der Waals surface area contributed by atoms with Gasteiger partial charge in [0.1, 0.15) is 6.04 Å². The highest BCUT2D eigenvalue weighted by molar-refractivity contribution is 5.83. The first kappa shape index (κ1) is 16.8. The molecule has 1 rings (SSSR count). The van der Waals surface area contributed by atoms with Crippen molar-refractivity contribution in [2.75, 3.05) is 13.1 Å². The van der Waals surface area contributed by atoms with E-state index in [-0.39, 0.29) is 6.03 Å². The smallest absolute Gasteiger partial charge is 0.326 e. The van der Waals surface area contributed by atoms with Gasteiger partial charge in [0.2, 0.25) is 0 Å². The third-order valence-electron chi connectivity index (χ3n) is 4.15. The summed E-state index contributed by atoms with van der Waals surface area (Å²) >= 11 is 0. The lowest BCUT2D eigenvalue weighted by Crippen LogP contribution is -2.54. The molecule has 2 amide bonds. The van der Waals surface area contributed by atoms with E-state index in [1.54, 1.807) is 4.90 Å². The number of aliphatic carboxylic acids is 1. The van der Waals surface area contributed by atoms with Gasteiger partial charge >= 0.3 is 12.0 Å². The molecule has 116 valence electrons. The van der Waals surface area contributed by atoms with E-state index in [0.717, 1.165) is 12.8 Å². The summed E-state index contributed by atoms with van der Waals surface area (Å²) in [6.45, 7) is 11.3. The minimum atomic E-state index is -0.983. The number of carboxylic acids is 1. The van der Waals surface area contributed by atoms with Crippen LogP contribution < -0.4 is 5.32 Å². The van der Waals surface area contributed by atoms with E-state index in [0.29, 0.717) is 24.9 Å². The molecule has 1 unspecified atom stereocenters. The molecular weight excluding hydrogens is 256 g/mol. The fourth-order valence-electron chi connectivity index (χ4n) is 2.63. The lowest BCUT2D eigenvalue weighted by Gasteiger charge is -2.36. The number of amides is 2. The van der Waals surface area contributed by atoms with E-state index in [9.17, 15) is 14.7 Å². The fraction of sp³-hybridized carbons (Fsp3) is 0.867. The van der Waals surface area contributed by atoms with Gasteiger partial charge in [0.05, 0.1) is 0 Å². The number of carbonyl (C=O) groups is 2. The lowest BCUT2D eigenvalue weighted by atomic mass is 9.86. The number of likely N-dealkylation sites (tertiary alicyclic amines) is 1. The van der Waals surface area contributed by atoms with Crippen LogP contribution in [-0.4, -0.2) is 41.1 Å². The summed E-state index contributed by atoms with van der Waals surface area (Å²) in [5, 5.41) is 11.9. The Kier molecular flexibility index (Phi) is 5.42. The Morgan fingerprint density at radius 3 is 2.05 bits per heavy atom. The number of hydrogen-bond donors (Lipinski definition) is 2. The molecule has 1 saturated heterocycles. The molecule has 1 fully saturated rings. The predicted octanol–water partition coefficient (Wildman–Crippen LogP) is 2.56. The maximum Gasteiger partial charge on any atom is 0.326 e. The van der Waals surface area contributed by atoms with E-state index < -0.39 is 17.4 Å². The summed E-state index contributed by atoms with van der Waals surface area (Å²) in [5.74, 6) is 0.321. The Labute approximate surface area is 121 Å². The summed E-state index contributed by atoms with van der Waals surface area (Å²) in [6.07, 6.45) is 2.00. The molecule has 0 aromatic rings. The third-order valence-corrected chi connectivity index (χ3v) is 4.15. The van der Waals surface area contributed by atoms with Gasteiger partial charge in [-0.3, -0.25) is 0 Å². The molecule has 0 spiro atoms. The highest BCUT2D eigenvalue weighted by atomic mass is 16.4. The molecule has 0 radical (unpaired) electrons. The maximum atomic E-state index is 12.2. The van der Waals surface area contributed by atoms with Crippen LogP contribution in [0.2, 0.25) is 0 Å². The number of piperidine rings is 1. The topological polar surface area (TPSA) is 69.6 Å². The Hall–Kier alpha value is -1.26. The Bertz CT molecular complexity index is 353. The van der Waals surface area contributed by atoms with Crippen molar-refractivity contribution in [2.24, 2.45) is 17.3 Å². The van der Waals surface area contributed by atoms with Gasteiger partial charge in [-0.05, 0) is 30.1 Å². The Morgan fingerprint density at radius 1 is 1.20 bits per heavy atom. The molecule has 20 heavy (non-hydrogen) atoms. The lowest BCUT2D eigenvalue weighted by molar-refractivity contribution is -0.142. The molecule has 5 nitrogen and oxygen atoms in total. The molecule has 0 aromatic heterocycles. The molecule has 2 N–H and O–H groups in total. The van der Waals surface area contributed by atoms with E-state index in [1.165, 1.54) is 0 Å². The van der Waals surface area contributed by atoms with Crippen LogP contribution in [0.4, 0.5) is 4.79 Å². The van der Waals surface area contributed by atoms with Gasteiger partial charge in [-0.1, -0.05) is 34.6 Å². The zero-order valence-electron chi connectivity index (χ0n) is 13.3. The second kappa shape index (κ2) is 6.46. The Morgan fingerprint density at radius 2 is 1.70 bits per heavy atom. The summed E-state index contributed by atoms with van der Waals surface area (Å²) in [4.78, 5) is 25.2. The van der Waals surface area contributed by atoms with Gasteiger partial charge in [0.25, 0.3) is 0 Å². The van der Waals surface area contributed by atoms with Gasteiger partial charge in [-0.2, -0.15) is 0 Å². The molecule has 0 saturated carbocycles. The first-order valence-corrected chi connectivity index (χ1v) is 7.41. The third kappa shape index (κ3) is 4.39. The summed E-state index contributed by atoms with van der Waals surface area (Å²) in [5.41, 5.74) is -0.502. The zero-order valence-corrected chi connectivity index (χ0v) is 13.3.